The number of benzene rings is 1. The fraction of sp³-hybridized carbons (Fsp3) is 0.467. The number of fused-ring (bicyclic) bond motifs is 1. The molecular formula is C15H24Cl2N4O. The van der Waals surface area contributed by atoms with Crippen LogP contribution in [0.2, 0.25) is 0 Å². The van der Waals surface area contributed by atoms with Gasteiger partial charge < -0.3 is 15.2 Å². The van der Waals surface area contributed by atoms with Crippen LogP contribution in [0.15, 0.2) is 24.3 Å². The van der Waals surface area contributed by atoms with Gasteiger partial charge in [-0.2, -0.15) is 0 Å². The Hall–Kier alpha value is -1.30. The Morgan fingerprint density at radius 3 is 2.59 bits per heavy atom. The maximum absolute atomic E-state index is 11.7. The third-order valence-electron chi connectivity index (χ3n) is 3.23. The predicted molar refractivity (Wildman–Crippen MR) is 95.0 cm³/mol. The van der Waals surface area contributed by atoms with Crippen molar-refractivity contribution < 1.29 is 4.79 Å². The normalized spacial score (nSPS) is 10.2. The Morgan fingerprint density at radius 2 is 1.95 bits per heavy atom. The number of hydrogen-bond donors (Lipinski definition) is 2. The van der Waals surface area contributed by atoms with E-state index >= 15 is 0 Å². The van der Waals surface area contributed by atoms with E-state index in [9.17, 15) is 4.79 Å². The molecule has 0 unspecified atom stereocenters. The summed E-state index contributed by atoms with van der Waals surface area (Å²) in [4.78, 5) is 16.3. The van der Waals surface area contributed by atoms with Gasteiger partial charge in [-0.05, 0) is 33.0 Å². The van der Waals surface area contributed by atoms with E-state index in [0.717, 1.165) is 16.9 Å². The van der Waals surface area contributed by atoms with Gasteiger partial charge in [-0.25, -0.2) is 4.98 Å². The molecule has 1 heterocycles. The zero-order chi connectivity index (χ0) is 14.5. The van der Waals surface area contributed by atoms with Crippen LogP contribution in [-0.2, 0) is 11.3 Å². The van der Waals surface area contributed by atoms with Crippen LogP contribution in [0.25, 0.3) is 11.0 Å². The zero-order valence-electron chi connectivity index (χ0n) is 13.1. The zero-order valence-corrected chi connectivity index (χ0v) is 14.8. The largest absolute Gasteiger partial charge is 0.349 e. The molecule has 124 valence electrons. The van der Waals surface area contributed by atoms with Gasteiger partial charge in [0.1, 0.15) is 5.82 Å². The van der Waals surface area contributed by atoms with Crippen LogP contribution < -0.4 is 10.6 Å². The summed E-state index contributed by atoms with van der Waals surface area (Å²) >= 11 is 0. The fourth-order valence-electron chi connectivity index (χ4n) is 2.30. The van der Waals surface area contributed by atoms with E-state index in [4.69, 9.17) is 0 Å². The highest BCUT2D eigenvalue weighted by Gasteiger charge is 2.13. The van der Waals surface area contributed by atoms with Crippen molar-refractivity contribution in [3.05, 3.63) is 30.1 Å². The molecule has 0 aliphatic rings. The van der Waals surface area contributed by atoms with E-state index in [1.165, 1.54) is 0 Å². The maximum atomic E-state index is 11.7. The second-order valence-corrected chi connectivity index (χ2v) is 5.11. The summed E-state index contributed by atoms with van der Waals surface area (Å²) in [6, 6.07) is 8.37. The summed E-state index contributed by atoms with van der Waals surface area (Å²) in [5.41, 5.74) is 2.09. The number of carbonyl (C=O) groups excluding carboxylic acids is 1. The van der Waals surface area contributed by atoms with E-state index < -0.39 is 0 Å². The van der Waals surface area contributed by atoms with Crippen molar-refractivity contribution in [3.8, 4) is 0 Å². The number of carbonyl (C=O) groups is 1. The minimum absolute atomic E-state index is 0. The number of nitrogens with one attached hydrogen (secondary N) is 2. The van der Waals surface area contributed by atoms with Crippen LogP contribution in [0.3, 0.4) is 0 Å². The standard InChI is InChI=1S/C15H22N4O.2ClH/c1-11(2)19-13-7-5-4-6-12(13)18-14(19)10-17-15(20)8-9-16-3;;/h4-7,11,16H,8-10H2,1-3H3,(H,17,20);2*1H. The van der Waals surface area contributed by atoms with E-state index in [1.54, 1.807) is 0 Å². The van der Waals surface area contributed by atoms with E-state index in [-0.39, 0.29) is 30.7 Å². The Kier molecular flexibility index (Phi) is 9.09. The van der Waals surface area contributed by atoms with Gasteiger partial charge in [0, 0.05) is 19.0 Å². The quantitative estimate of drug-likeness (QED) is 0.845. The smallest absolute Gasteiger partial charge is 0.221 e. The number of amides is 1. The fourth-order valence-corrected chi connectivity index (χ4v) is 2.30. The Bertz CT molecular complexity index is 598. The average molecular weight is 347 g/mol. The average Bonchev–Trinajstić information content (AvgIpc) is 2.81. The third kappa shape index (κ3) is 4.87. The number of para-hydroxylation sites is 2. The molecule has 0 fully saturated rings. The van der Waals surface area contributed by atoms with Crippen LogP contribution in [0.5, 0.6) is 0 Å². The molecule has 1 aromatic carbocycles. The molecule has 1 aromatic heterocycles. The molecule has 0 saturated heterocycles. The second kappa shape index (κ2) is 9.66. The summed E-state index contributed by atoms with van der Waals surface area (Å²) in [5.74, 6) is 0.945. The molecule has 0 spiro atoms. The van der Waals surface area contributed by atoms with Crippen LogP contribution in [-0.4, -0.2) is 29.1 Å². The number of rotatable bonds is 6. The number of imidazole rings is 1. The summed E-state index contributed by atoms with van der Waals surface area (Å²) in [7, 11) is 1.84. The number of hydrogen-bond acceptors (Lipinski definition) is 3. The molecule has 2 rings (SSSR count). The molecule has 1 amide bonds. The lowest BCUT2D eigenvalue weighted by molar-refractivity contribution is -0.121. The van der Waals surface area contributed by atoms with Gasteiger partial charge in [0.05, 0.1) is 17.6 Å². The van der Waals surface area contributed by atoms with Crippen LogP contribution in [0, 0.1) is 0 Å². The Balaban J connectivity index is 0.00000220. The first kappa shape index (κ1) is 20.7. The number of nitrogens with zero attached hydrogens (tertiary/aromatic N) is 2. The molecule has 0 atom stereocenters. The van der Waals surface area contributed by atoms with Crippen molar-refractivity contribution in [1.82, 2.24) is 20.2 Å². The Labute approximate surface area is 143 Å². The first-order valence-corrected chi connectivity index (χ1v) is 7.00. The molecule has 5 nitrogen and oxygen atoms in total. The highest BCUT2D eigenvalue weighted by molar-refractivity contribution is 5.85. The molecule has 0 radical (unpaired) electrons. The molecule has 0 aliphatic carbocycles. The van der Waals surface area contributed by atoms with Gasteiger partial charge in [0.2, 0.25) is 5.91 Å². The lowest BCUT2D eigenvalue weighted by Gasteiger charge is -2.13. The minimum Gasteiger partial charge on any atom is -0.349 e. The number of aromatic nitrogens is 2. The maximum Gasteiger partial charge on any atom is 0.221 e. The molecular weight excluding hydrogens is 323 g/mol. The summed E-state index contributed by atoms with van der Waals surface area (Å²) in [6.45, 7) is 5.41. The second-order valence-electron chi connectivity index (χ2n) is 5.11. The van der Waals surface area contributed by atoms with Crippen LogP contribution >= 0.6 is 24.8 Å². The lowest BCUT2D eigenvalue weighted by Crippen LogP contribution is -2.27. The molecule has 0 aliphatic heterocycles. The van der Waals surface area contributed by atoms with Crippen molar-refractivity contribution in [3.63, 3.8) is 0 Å². The van der Waals surface area contributed by atoms with Gasteiger partial charge in [-0.15, -0.1) is 24.8 Å². The molecule has 0 saturated carbocycles. The summed E-state index contributed by atoms with van der Waals surface area (Å²) in [5, 5.41) is 5.89. The van der Waals surface area contributed by atoms with Gasteiger partial charge in [0.25, 0.3) is 0 Å². The highest BCUT2D eigenvalue weighted by Crippen LogP contribution is 2.20. The van der Waals surface area contributed by atoms with E-state index in [2.05, 4.69) is 40.1 Å². The molecule has 7 heteroatoms. The predicted octanol–water partition coefficient (Wildman–Crippen LogP) is 2.69. The topological polar surface area (TPSA) is 59.0 Å². The van der Waals surface area contributed by atoms with Gasteiger partial charge in [-0.1, -0.05) is 12.1 Å². The Morgan fingerprint density at radius 1 is 1.27 bits per heavy atom. The molecule has 0 bridgehead atoms. The molecule has 2 N–H and O–H groups in total. The first-order chi connectivity index (χ1) is 9.63. The highest BCUT2D eigenvalue weighted by atomic mass is 35.5. The van der Waals surface area contributed by atoms with E-state index in [0.29, 0.717) is 25.6 Å². The van der Waals surface area contributed by atoms with Gasteiger partial charge in [0.15, 0.2) is 0 Å². The molecule has 22 heavy (non-hydrogen) atoms. The van der Waals surface area contributed by atoms with Crippen molar-refractivity contribution in [2.24, 2.45) is 0 Å². The van der Waals surface area contributed by atoms with Crippen LogP contribution in [0.4, 0.5) is 0 Å². The molecule has 2 aromatic rings. The monoisotopic (exact) mass is 346 g/mol. The van der Waals surface area contributed by atoms with Gasteiger partial charge in [-0.3, -0.25) is 4.79 Å². The van der Waals surface area contributed by atoms with Crippen molar-refractivity contribution in [2.45, 2.75) is 32.9 Å². The summed E-state index contributed by atoms with van der Waals surface area (Å²) < 4.78 is 2.17. The van der Waals surface area contributed by atoms with Gasteiger partial charge >= 0.3 is 0 Å². The van der Waals surface area contributed by atoms with Crippen LogP contribution in [0.1, 0.15) is 32.1 Å². The van der Waals surface area contributed by atoms with Crippen molar-refractivity contribution >= 4 is 41.8 Å². The lowest BCUT2D eigenvalue weighted by atomic mass is 10.3. The minimum atomic E-state index is 0. The van der Waals surface area contributed by atoms with E-state index in [1.807, 2.05) is 25.2 Å². The third-order valence-corrected chi connectivity index (χ3v) is 3.23. The summed E-state index contributed by atoms with van der Waals surface area (Å²) in [6.07, 6.45) is 0.485. The number of halogens is 2. The SMILES string of the molecule is CNCCC(=O)NCc1nc2ccccc2n1C(C)C.Cl.Cl. The first-order valence-electron chi connectivity index (χ1n) is 7.00. The van der Waals surface area contributed by atoms with Crippen molar-refractivity contribution in [2.75, 3.05) is 13.6 Å². The van der Waals surface area contributed by atoms with Crippen molar-refractivity contribution in [1.29, 1.82) is 0 Å².